The molecule has 1 aliphatic carbocycles. The molecular formula is C16H18N4O3S. The molecule has 0 saturated heterocycles. The summed E-state index contributed by atoms with van der Waals surface area (Å²) in [4.78, 5) is 39.6. The lowest BCUT2D eigenvalue weighted by Gasteiger charge is -2.16. The first-order valence-electron chi connectivity index (χ1n) is 8.08. The van der Waals surface area contributed by atoms with Crippen molar-refractivity contribution in [3.63, 3.8) is 0 Å². The fraction of sp³-hybridized carbons (Fsp3) is 0.438. The van der Waals surface area contributed by atoms with Crippen molar-refractivity contribution in [3.05, 3.63) is 50.2 Å². The monoisotopic (exact) mass is 346 g/mol. The van der Waals surface area contributed by atoms with Gasteiger partial charge in [-0.1, -0.05) is 18.9 Å². The first-order chi connectivity index (χ1) is 11.6. The van der Waals surface area contributed by atoms with E-state index in [1.807, 2.05) is 0 Å². The number of H-pyrrole nitrogens is 2. The molecule has 1 amide bonds. The number of thioether (sulfide) groups is 1. The third-order valence-electron chi connectivity index (χ3n) is 4.68. The van der Waals surface area contributed by atoms with Gasteiger partial charge in [0.15, 0.2) is 0 Å². The van der Waals surface area contributed by atoms with Crippen LogP contribution in [0.15, 0.2) is 27.9 Å². The van der Waals surface area contributed by atoms with Gasteiger partial charge in [0.2, 0.25) is 5.91 Å². The summed E-state index contributed by atoms with van der Waals surface area (Å²) < 4.78 is 1.80. The fourth-order valence-corrected chi connectivity index (χ4v) is 4.71. The standard InChI is InChI=1S/C16H18N4O3S/c21-11-8-24-13(10-6-3-7-17-15(10)22)12-14(18-11)20(19-16(12)23)9-4-1-2-5-9/h3,6-7,9,13H,1-2,4-5,8H2,(H,17,22)(H,18,21)(H,19,23)/t13-/m1/s1. The number of anilines is 1. The maximum Gasteiger partial charge on any atom is 0.270 e. The molecule has 8 heteroatoms. The number of carbonyl (C=O) groups is 1. The second-order valence-electron chi connectivity index (χ2n) is 6.21. The third kappa shape index (κ3) is 2.50. The molecule has 3 N–H and O–H groups in total. The molecule has 0 radical (unpaired) electrons. The van der Waals surface area contributed by atoms with E-state index in [0.29, 0.717) is 16.9 Å². The van der Waals surface area contributed by atoms with E-state index in [-0.39, 0.29) is 28.8 Å². The number of pyridine rings is 1. The fourth-order valence-electron chi connectivity index (χ4n) is 3.57. The third-order valence-corrected chi connectivity index (χ3v) is 5.94. The lowest BCUT2D eigenvalue weighted by molar-refractivity contribution is -0.113. The Bertz CT molecular complexity index is 891. The predicted octanol–water partition coefficient (Wildman–Crippen LogP) is 1.75. The summed E-state index contributed by atoms with van der Waals surface area (Å²) in [6.07, 6.45) is 5.76. The van der Waals surface area contributed by atoms with Crippen molar-refractivity contribution in [3.8, 4) is 0 Å². The molecule has 1 fully saturated rings. The van der Waals surface area contributed by atoms with Crippen molar-refractivity contribution in [2.45, 2.75) is 37.0 Å². The van der Waals surface area contributed by atoms with Gasteiger partial charge in [-0.25, -0.2) is 0 Å². The number of nitrogens with one attached hydrogen (secondary N) is 3. The summed E-state index contributed by atoms with van der Waals surface area (Å²) in [6, 6.07) is 3.64. The Morgan fingerprint density at radius 1 is 1.12 bits per heavy atom. The van der Waals surface area contributed by atoms with Crippen molar-refractivity contribution in [1.29, 1.82) is 0 Å². The molecule has 0 bridgehead atoms. The normalized spacial score (nSPS) is 21.3. The van der Waals surface area contributed by atoms with Gasteiger partial charge >= 0.3 is 0 Å². The molecular weight excluding hydrogens is 328 g/mol. The van der Waals surface area contributed by atoms with E-state index in [2.05, 4.69) is 15.4 Å². The van der Waals surface area contributed by atoms with Gasteiger partial charge in [0.1, 0.15) is 5.82 Å². The zero-order valence-electron chi connectivity index (χ0n) is 13.0. The van der Waals surface area contributed by atoms with Crippen molar-refractivity contribution in [2.24, 2.45) is 0 Å². The number of rotatable bonds is 2. The molecule has 1 aliphatic heterocycles. The van der Waals surface area contributed by atoms with Crippen LogP contribution in [0.5, 0.6) is 0 Å². The van der Waals surface area contributed by atoms with Gasteiger partial charge < -0.3 is 10.3 Å². The zero-order chi connectivity index (χ0) is 16.7. The second-order valence-corrected chi connectivity index (χ2v) is 7.30. The summed E-state index contributed by atoms with van der Waals surface area (Å²) in [6.45, 7) is 0. The minimum atomic E-state index is -0.463. The van der Waals surface area contributed by atoms with Gasteiger partial charge in [-0.15, -0.1) is 11.8 Å². The van der Waals surface area contributed by atoms with Gasteiger partial charge in [-0.05, 0) is 18.9 Å². The van der Waals surface area contributed by atoms with Gasteiger partial charge in [0, 0.05) is 11.8 Å². The molecule has 2 aromatic heterocycles. The van der Waals surface area contributed by atoms with Crippen LogP contribution in [-0.2, 0) is 4.79 Å². The lowest BCUT2D eigenvalue weighted by Crippen LogP contribution is -2.19. The molecule has 2 aliphatic rings. The topological polar surface area (TPSA) is 99.8 Å². The smallest absolute Gasteiger partial charge is 0.270 e. The zero-order valence-corrected chi connectivity index (χ0v) is 13.8. The summed E-state index contributed by atoms with van der Waals surface area (Å²) >= 11 is 1.31. The Balaban J connectivity index is 1.89. The van der Waals surface area contributed by atoms with E-state index in [9.17, 15) is 14.4 Å². The minimum absolute atomic E-state index is 0.151. The molecule has 1 saturated carbocycles. The number of carbonyl (C=O) groups excluding carboxylic acids is 1. The van der Waals surface area contributed by atoms with Crippen molar-refractivity contribution in [2.75, 3.05) is 11.1 Å². The van der Waals surface area contributed by atoms with Crippen molar-refractivity contribution >= 4 is 23.5 Å². The van der Waals surface area contributed by atoms with E-state index in [1.165, 1.54) is 11.8 Å². The van der Waals surface area contributed by atoms with Crippen LogP contribution < -0.4 is 16.4 Å². The van der Waals surface area contributed by atoms with E-state index in [4.69, 9.17) is 0 Å². The molecule has 3 heterocycles. The molecule has 0 spiro atoms. The quantitative estimate of drug-likeness (QED) is 0.771. The molecule has 2 aromatic rings. The molecule has 0 unspecified atom stereocenters. The maximum atomic E-state index is 12.6. The summed E-state index contributed by atoms with van der Waals surface area (Å²) in [5.41, 5.74) is 0.493. The van der Waals surface area contributed by atoms with Crippen LogP contribution in [0, 0.1) is 0 Å². The van der Waals surface area contributed by atoms with Crippen LogP contribution in [0.25, 0.3) is 0 Å². The number of hydrogen-bond acceptors (Lipinski definition) is 4. The Morgan fingerprint density at radius 3 is 2.67 bits per heavy atom. The number of nitrogens with zero attached hydrogens (tertiary/aromatic N) is 1. The predicted molar refractivity (Wildman–Crippen MR) is 92.6 cm³/mol. The number of aromatic nitrogens is 3. The summed E-state index contributed by atoms with van der Waals surface area (Å²) in [5.74, 6) is 0.578. The molecule has 0 aromatic carbocycles. The first-order valence-corrected chi connectivity index (χ1v) is 9.13. The molecule has 126 valence electrons. The van der Waals surface area contributed by atoms with Crippen LogP contribution in [0.1, 0.15) is 48.1 Å². The van der Waals surface area contributed by atoms with Crippen LogP contribution in [0.4, 0.5) is 5.82 Å². The lowest BCUT2D eigenvalue weighted by atomic mass is 10.1. The van der Waals surface area contributed by atoms with E-state index in [0.717, 1.165) is 25.7 Å². The highest BCUT2D eigenvalue weighted by Crippen LogP contribution is 2.40. The number of hydrogen-bond donors (Lipinski definition) is 3. The Hall–Kier alpha value is -2.22. The van der Waals surface area contributed by atoms with Crippen LogP contribution in [0.3, 0.4) is 0 Å². The van der Waals surface area contributed by atoms with E-state index in [1.54, 1.807) is 23.0 Å². The number of aromatic amines is 2. The van der Waals surface area contributed by atoms with Crippen LogP contribution >= 0.6 is 11.8 Å². The van der Waals surface area contributed by atoms with Gasteiger partial charge in [0.05, 0.1) is 22.6 Å². The van der Waals surface area contributed by atoms with E-state index >= 15 is 0 Å². The van der Waals surface area contributed by atoms with Gasteiger partial charge in [-0.3, -0.25) is 24.2 Å². The average molecular weight is 346 g/mol. The highest BCUT2D eigenvalue weighted by atomic mass is 32.2. The highest BCUT2D eigenvalue weighted by Gasteiger charge is 2.33. The first kappa shape index (κ1) is 15.3. The van der Waals surface area contributed by atoms with Gasteiger partial charge in [0.25, 0.3) is 11.1 Å². The van der Waals surface area contributed by atoms with Crippen molar-refractivity contribution < 1.29 is 4.79 Å². The second kappa shape index (κ2) is 6.01. The summed E-state index contributed by atoms with van der Waals surface area (Å²) in [7, 11) is 0. The van der Waals surface area contributed by atoms with Crippen LogP contribution in [-0.4, -0.2) is 26.4 Å². The van der Waals surface area contributed by atoms with E-state index < -0.39 is 5.25 Å². The molecule has 7 nitrogen and oxygen atoms in total. The Labute approximate surface area is 141 Å². The van der Waals surface area contributed by atoms with Crippen LogP contribution in [0.2, 0.25) is 0 Å². The minimum Gasteiger partial charge on any atom is -0.329 e. The maximum absolute atomic E-state index is 12.6. The summed E-state index contributed by atoms with van der Waals surface area (Å²) in [5, 5.41) is 5.29. The molecule has 4 rings (SSSR count). The highest BCUT2D eigenvalue weighted by molar-refractivity contribution is 8.00. The number of amides is 1. The SMILES string of the molecule is O=C1CS[C@H](c2ccc[nH]c2=O)c2c(n(C3CCCC3)[nH]c2=O)N1. The van der Waals surface area contributed by atoms with Gasteiger partial charge in [-0.2, -0.15) is 0 Å². The van der Waals surface area contributed by atoms with Crippen molar-refractivity contribution in [1.82, 2.24) is 14.8 Å². The molecule has 1 atom stereocenters. The largest absolute Gasteiger partial charge is 0.329 e. The average Bonchev–Trinajstić information content (AvgIpc) is 3.15. The number of fused-ring (bicyclic) bond motifs is 1. The Kier molecular flexibility index (Phi) is 3.84. The Morgan fingerprint density at radius 2 is 1.92 bits per heavy atom. The molecule has 24 heavy (non-hydrogen) atoms.